The normalized spacial score (nSPS) is 20.6. The number of hydrogen-bond acceptors (Lipinski definition) is 4. The van der Waals surface area contributed by atoms with Gasteiger partial charge in [-0.2, -0.15) is 0 Å². The number of hydrogen-bond donors (Lipinski definition) is 2. The van der Waals surface area contributed by atoms with Gasteiger partial charge in [0.25, 0.3) is 0 Å². The van der Waals surface area contributed by atoms with Crippen molar-refractivity contribution in [2.75, 3.05) is 6.54 Å². The second kappa shape index (κ2) is 5.63. The van der Waals surface area contributed by atoms with Gasteiger partial charge in [0.2, 0.25) is 15.9 Å². The topological polar surface area (TPSA) is 118 Å². The second-order valence-electron chi connectivity index (χ2n) is 4.76. The SMILES string of the molecule is NS(=O)(=O)C1CC(=O)N(C(C(=O)O)c2cccc(Cl)c2)C1. The predicted octanol–water partition coefficient (Wildman–Crippen LogP) is 0.355. The van der Waals surface area contributed by atoms with Crippen LogP contribution in [-0.2, 0) is 19.6 Å². The fraction of sp³-hybridized carbons (Fsp3) is 0.333. The van der Waals surface area contributed by atoms with E-state index in [4.69, 9.17) is 16.7 Å². The first-order chi connectivity index (χ1) is 9.70. The molecule has 21 heavy (non-hydrogen) atoms. The monoisotopic (exact) mass is 332 g/mol. The highest BCUT2D eigenvalue weighted by atomic mass is 35.5. The molecule has 7 nitrogen and oxygen atoms in total. The van der Waals surface area contributed by atoms with Gasteiger partial charge in [-0.1, -0.05) is 23.7 Å². The Labute approximate surface area is 126 Å². The van der Waals surface area contributed by atoms with E-state index in [-0.39, 0.29) is 13.0 Å². The third-order valence-electron chi connectivity index (χ3n) is 3.30. The summed E-state index contributed by atoms with van der Waals surface area (Å²) in [6.45, 7) is -0.249. The van der Waals surface area contributed by atoms with E-state index in [1.165, 1.54) is 12.1 Å². The summed E-state index contributed by atoms with van der Waals surface area (Å²) < 4.78 is 22.7. The first-order valence-corrected chi connectivity index (χ1v) is 7.98. The summed E-state index contributed by atoms with van der Waals surface area (Å²) in [5.41, 5.74) is 0.304. The maximum atomic E-state index is 11.9. The lowest BCUT2D eigenvalue weighted by Crippen LogP contribution is -2.37. The smallest absolute Gasteiger partial charge is 0.331 e. The van der Waals surface area contributed by atoms with Crippen LogP contribution in [0.3, 0.4) is 0 Å². The molecule has 1 aromatic rings. The molecule has 1 heterocycles. The summed E-state index contributed by atoms with van der Waals surface area (Å²) in [5.74, 6) is -1.83. The number of aliphatic carboxylic acids is 1. The van der Waals surface area contributed by atoms with Gasteiger partial charge in [-0.15, -0.1) is 0 Å². The zero-order valence-corrected chi connectivity index (χ0v) is 12.3. The largest absolute Gasteiger partial charge is 0.479 e. The van der Waals surface area contributed by atoms with Gasteiger partial charge in [-0.05, 0) is 17.7 Å². The molecular weight excluding hydrogens is 320 g/mol. The zero-order chi connectivity index (χ0) is 15.8. The Morgan fingerprint density at radius 2 is 2.14 bits per heavy atom. The van der Waals surface area contributed by atoms with Crippen LogP contribution in [0.2, 0.25) is 5.02 Å². The lowest BCUT2D eigenvalue weighted by atomic mass is 10.1. The molecular formula is C12H13ClN2O5S. The van der Waals surface area contributed by atoms with Gasteiger partial charge in [0, 0.05) is 18.0 Å². The van der Waals surface area contributed by atoms with Crippen LogP contribution in [0.25, 0.3) is 0 Å². The van der Waals surface area contributed by atoms with Crippen LogP contribution in [0.15, 0.2) is 24.3 Å². The molecule has 1 aromatic carbocycles. The van der Waals surface area contributed by atoms with E-state index in [0.717, 1.165) is 4.90 Å². The Hall–Kier alpha value is -1.64. The van der Waals surface area contributed by atoms with Gasteiger partial charge in [0.1, 0.15) is 5.25 Å². The average molecular weight is 333 g/mol. The van der Waals surface area contributed by atoms with E-state index in [2.05, 4.69) is 0 Å². The average Bonchev–Trinajstić information content (AvgIpc) is 2.71. The molecule has 2 unspecified atom stereocenters. The number of carboxylic acids is 1. The van der Waals surface area contributed by atoms with Crippen molar-refractivity contribution >= 4 is 33.5 Å². The fourth-order valence-corrected chi connectivity index (χ4v) is 3.24. The number of halogens is 1. The van der Waals surface area contributed by atoms with Gasteiger partial charge in [-0.3, -0.25) is 4.79 Å². The van der Waals surface area contributed by atoms with Crippen LogP contribution in [-0.4, -0.2) is 42.1 Å². The molecule has 114 valence electrons. The van der Waals surface area contributed by atoms with Crippen LogP contribution in [0.4, 0.5) is 0 Å². The number of nitrogens with zero attached hydrogens (tertiary/aromatic N) is 1. The third kappa shape index (κ3) is 3.34. The number of nitrogens with two attached hydrogens (primary N) is 1. The molecule has 0 aromatic heterocycles. The van der Waals surface area contributed by atoms with Gasteiger partial charge in [-0.25, -0.2) is 18.4 Å². The molecule has 0 aliphatic carbocycles. The molecule has 2 rings (SSSR count). The minimum Gasteiger partial charge on any atom is -0.479 e. The highest BCUT2D eigenvalue weighted by molar-refractivity contribution is 7.89. The minimum atomic E-state index is -3.90. The number of carbonyl (C=O) groups is 2. The summed E-state index contributed by atoms with van der Waals surface area (Å²) in [5, 5.41) is 13.6. The molecule has 3 N–H and O–H groups in total. The Morgan fingerprint density at radius 1 is 1.48 bits per heavy atom. The first-order valence-electron chi connectivity index (χ1n) is 5.99. The van der Waals surface area contributed by atoms with Crippen molar-refractivity contribution in [3.8, 4) is 0 Å². The summed E-state index contributed by atoms with van der Waals surface area (Å²) >= 11 is 5.83. The quantitative estimate of drug-likeness (QED) is 0.825. The number of rotatable bonds is 4. The molecule has 0 radical (unpaired) electrons. The highest BCUT2D eigenvalue weighted by Crippen LogP contribution is 2.29. The third-order valence-corrected chi connectivity index (χ3v) is 4.78. The summed E-state index contributed by atoms with van der Waals surface area (Å²) in [4.78, 5) is 24.4. The number of primary sulfonamides is 1. The molecule has 0 bridgehead atoms. The Balaban J connectivity index is 2.36. The molecule has 1 amide bonds. The van der Waals surface area contributed by atoms with Crippen LogP contribution in [0.1, 0.15) is 18.0 Å². The van der Waals surface area contributed by atoms with Crippen molar-refractivity contribution in [3.63, 3.8) is 0 Å². The number of likely N-dealkylation sites (tertiary alicyclic amines) is 1. The van der Waals surface area contributed by atoms with Crippen LogP contribution >= 0.6 is 11.6 Å². The standard InChI is InChI=1S/C12H13ClN2O5S/c13-8-3-1-2-7(4-8)11(12(17)18)15-6-9(5-10(15)16)21(14,19)20/h1-4,9,11H,5-6H2,(H,17,18)(H2,14,19,20). The lowest BCUT2D eigenvalue weighted by Gasteiger charge is -2.25. The van der Waals surface area contributed by atoms with E-state index >= 15 is 0 Å². The van der Waals surface area contributed by atoms with Crippen molar-refractivity contribution < 1.29 is 23.1 Å². The van der Waals surface area contributed by atoms with Crippen molar-refractivity contribution in [1.29, 1.82) is 0 Å². The Kier molecular flexibility index (Phi) is 4.22. The van der Waals surface area contributed by atoms with Crippen molar-refractivity contribution in [3.05, 3.63) is 34.9 Å². The summed E-state index contributed by atoms with van der Waals surface area (Å²) in [6.07, 6.45) is -0.316. The molecule has 0 saturated carbocycles. The Bertz CT molecular complexity index is 691. The first kappa shape index (κ1) is 15.7. The van der Waals surface area contributed by atoms with E-state index in [9.17, 15) is 23.1 Å². The van der Waals surface area contributed by atoms with E-state index in [1.807, 2.05) is 0 Å². The second-order valence-corrected chi connectivity index (χ2v) is 7.04. The molecule has 1 saturated heterocycles. The number of carbonyl (C=O) groups excluding carboxylic acids is 1. The molecule has 0 spiro atoms. The van der Waals surface area contributed by atoms with Gasteiger partial charge < -0.3 is 10.0 Å². The molecule has 1 fully saturated rings. The molecule has 2 atom stereocenters. The highest BCUT2D eigenvalue weighted by Gasteiger charge is 2.42. The van der Waals surface area contributed by atoms with Crippen molar-refractivity contribution in [2.24, 2.45) is 5.14 Å². The van der Waals surface area contributed by atoms with Gasteiger partial charge >= 0.3 is 5.97 Å². The molecule has 1 aliphatic heterocycles. The van der Waals surface area contributed by atoms with Crippen LogP contribution < -0.4 is 5.14 Å². The molecule has 9 heteroatoms. The number of sulfonamides is 1. The van der Waals surface area contributed by atoms with E-state index in [1.54, 1.807) is 12.1 Å². The van der Waals surface area contributed by atoms with Crippen molar-refractivity contribution in [2.45, 2.75) is 17.7 Å². The zero-order valence-electron chi connectivity index (χ0n) is 10.8. The number of carboxylic acid groups (broad SMARTS) is 1. The maximum Gasteiger partial charge on any atom is 0.331 e. The van der Waals surface area contributed by atoms with Crippen LogP contribution in [0.5, 0.6) is 0 Å². The van der Waals surface area contributed by atoms with E-state index in [0.29, 0.717) is 10.6 Å². The molecule has 1 aliphatic rings. The maximum absolute atomic E-state index is 11.9. The van der Waals surface area contributed by atoms with Gasteiger partial charge in [0.05, 0.1) is 0 Å². The summed E-state index contributed by atoms with van der Waals surface area (Å²) in [6, 6.07) is 4.79. The van der Waals surface area contributed by atoms with Crippen LogP contribution in [0, 0.1) is 0 Å². The minimum absolute atomic E-state index is 0.249. The lowest BCUT2D eigenvalue weighted by molar-refractivity contribution is -0.148. The Morgan fingerprint density at radius 3 is 2.62 bits per heavy atom. The predicted molar refractivity (Wildman–Crippen MR) is 75.1 cm³/mol. The number of benzene rings is 1. The van der Waals surface area contributed by atoms with Gasteiger partial charge in [0.15, 0.2) is 6.04 Å². The summed E-state index contributed by atoms with van der Waals surface area (Å²) in [7, 11) is -3.90. The van der Waals surface area contributed by atoms with E-state index < -0.39 is 33.2 Å². The number of amides is 1. The fourth-order valence-electron chi connectivity index (χ4n) is 2.30. The van der Waals surface area contributed by atoms with Crippen molar-refractivity contribution in [1.82, 2.24) is 4.90 Å².